The summed E-state index contributed by atoms with van der Waals surface area (Å²) in [6, 6.07) is 2.54. The van der Waals surface area contributed by atoms with E-state index in [-0.39, 0.29) is 78.3 Å². The smallest absolute Gasteiger partial charge is 0.339 e. The normalized spacial score (nSPS) is 30.3. The van der Waals surface area contributed by atoms with Crippen molar-refractivity contribution >= 4 is 41.8 Å². The summed E-state index contributed by atoms with van der Waals surface area (Å²) in [4.78, 5) is 114. The molecule has 7 aliphatic heterocycles. The number of benzene rings is 1. The summed E-state index contributed by atoms with van der Waals surface area (Å²) < 4.78 is 44.7. The Hall–Kier alpha value is -4.89. The predicted octanol–water partition coefficient (Wildman–Crippen LogP) is 13.5. The Morgan fingerprint density at radius 3 is 0.802 bits per heavy atom. The third-order valence-corrected chi connectivity index (χ3v) is 26.7. The van der Waals surface area contributed by atoms with Crippen molar-refractivity contribution in [2.45, 2.75) is 409 Å². The number of rotatable bonds is 18. The highest BCUT2D eigenvalue weighted by Gasteiger charge is 2.56. The lowest BCUT2D eigenvalue weighted by atomic mass is 9.71. The number of nitrogens with zero attached hydrogens (tertiary/aromatic N) is 7. The molecule has 3 N–H and O–H groups in total. The molecule has 8 rings (SSSR count). The van der Waals surface area contributed by atoms with Gasteiger partial charge in [0.2, 0.25) is 0 Å². The zero-order valence-corrected chi connectivity index (χ0v) is 70.5. The average molecular weight is 1490 g/mol. The molecule has 24 heteroatoms. The molecule has 7 fully saturated rings. The molecule has 106 heavy (non-hydrogen) atoms. The molecule has 1 aromatic carbocycles. The van der Waals surface area contributed by atoms with Crippen molar-refractivity contribution in [3.8, 4) is 0 Å². The Labute approximate surface area is 634 Å². The molecule has 0 aliphatic carbocycles. The maximum atomic E-state index is 15.7. The number of carbonyl (C=O) groups is 7. The van der Waals surface area contributed by atoms with E-state index in [9.17, 15) is 30.0 Å². The fourth-order valence-corrected chi connectivity index (χ4v) is 20.2. The first-order valence-electron chi connectivity index (χ1n) is 38.9. The molecule has 7 saturated heterocycles. The van der Waals surface area contributed by atoms with E-state index in [0.717, 1.165) is 0 Å². The number of esters is 7. The number of ether oxygens (including phenoxy) is 7. The fourth-order valence-electron chi connectivity index (χ4n) is 20.2. The van der Waals surface area contributed by atoms with Crippen molar-refractivity contribution in [1.82, 2.24) is 34.8 Å². The van der Waals surface area contributed by atoms with Crippen LogP contribution in [-0.4, -0.2) is 241 Å². The minimum absolute atomic E-state index is 0.106. The lowest BCUT2D eigenvalue weighted by Gasteiger charge is -2.57. The summed E-state index contributed by atoms with van der Waals surface area (Å²) in [5.74, 6) is -7.99. The lowest BCUT2D eigenvalue weighted by Crippen LogP contribution is -2.65. The monoisotopic (exact) mass is 1490 g/mol. The van der Waals surface area contributed by atoms with Crippen LogP contribution in [0, 0.1) is 5.92 Å². The minimum atomic E-state index is -1.74. The van der Waals surface area contributed by atoms with Crippen LogP contribution in [-0.2, 0) is 47.5 Å². The second kappa shape index (κ2) is 29.3. The van der Waals surface area contributed by atoms with Crippen LogP contribution < -0.4 is 0 Å². The van der Waals surface area contributed by atoms with Crippen LogP contribution in [0.2, 0.25) is 0 Å². The number of likely N-dealkylation sites (tertiary alicyclic amines) is 4. The van der Waals surface area contributed by atoms with Gasteiger partial charge in [-0.15, -0.1) is 0 Å². The molecule has 7 aliphatic rings. The number of carbonyl (C=O) groups excluding carboxylic acids is 7. The van der Waals surface area contributed by atoms with Crippen molar-refractivity contribution in [2.75, 3.05) is 28.2 Å². The highest BCUT2D eigenvalue weighted by molar-refractivity contribution is 6.10. The molecule has 0 amide bonds. The van der Waals surface area contributed by atoms with Gasteiger partial charge in [-0.3, -0.25) is 34.0 Å². The molecule has 0 saturated carbocycles. The average Bonchev–Trinajstić information content (AvgIpc) is 0.763. The van der Waals surface area contributed by atoms with Crippen molar-refractivity contribution < 1.29 is 82.3 Å². The molecular formula is C82H137N7O17. The van der Waals surface area contributed by atoms with Gasteiger partial charge in [0.25, 0.3) is 0 Å². The highest BCUT2D eigenvalue weighted by atomic mass is 16.6. The van der Waals surface area contributed by atoms with E-state index >= 15 is 19.2 Å². The minimum Gasteiger partial charge on any atom is -0.462 e. The van der Waals surface area contributed by atoms with E-state index in [4.69, 9.17) is 33.2 Å². The van der Waals surface area contributed by atoms with Crippen LogP contribution in [0.1, 0.15) is 331 Å². The summed E-state index contributed by atoms with van der Waals surface area (Å²) >= 11 is 0. The highest BCUT2D eigenvalue weighted by Crippen LogP contribution is 2.49. The maximum Gasteiger partial charge on any atom is 0.339 e. The Balaban J connectivity index is 1.10. The molecule has 5 unspecified atom stereocenters. The SMILES string of the molecule is CN1C(C)(C)CC(OC(=O)c2cc(C(=O)OC3CC(C)(C)N(C)C(C)(C)C3)c(C(=O)OC3CC(C)(C)N(C)C(C)(CCC4(C)CC(OC(=O)C(CC(=O)OC5CC(C)(C)N(O)C(C)(C)C5)C(=O)OC5CC(C)(C)N(O)C(C)(C)C5)CC(C)(C)N4O)C3)cc2C(=O)OC2CC(C)(C)N(C)C(C)(C)C2)CC1(C)C. The molecule has 7 heterocycles. The van der Waals surface area contributed by atoms with Gasteiger partial charge in [-0.25, -0.2) is 19.2 Å². The second-order valence-corrected chi connectivity index (χ2v) is 41.3. The zero-order valence-electron chi connectivity index (χ0n) is 70.5. The van der Waals surface area contributed by atoms with Gasteiger partial charge in [0.1, 0.15) is 42.7 Å². The van der Waals surface area contributed by atoms with Crippen LogP contribution in [0.4, 0.5) is 0 Å². The van der Waals surface area contributed by atoms with E-state index in [0.29, 0.717) is 57.8 Å². The Bertz CT molecular complexity index is 3390. The maximum absolute atomic E-state index is 15.7. The predicted molar refractivity (Wildman–Crippen MR) is 403 cm³/mol. The molecule has 0 bridgehead atoms. The van der Waals surface area contributed by atoms with Gasteiger partial charge < -0.3 is 48.8 Å². The van der Waals surface area contributed by atoms with Crippen molar-refractivity contribution in [2.24, 2.45) is 5.92 Å². The summed E-state index contributed by atoms with van der Waals surface area (Å²) in [5, 5.41) is 38.4. The van der Waals surface area contributed by atoms with Crippen LogP contribution >= 0.6 is 0 Å². The van der Waals surface area contributed by atoms with Crippen molar-refractivity contribution in [3.63, 3.8) is 0 Å². The van der Waals surface area contributed by atoms with E-state index < -0.39 is 163 Å². The quantitative estimate of drug-likeness (QED) is 0.0700. The molecule has 5 atom stereocenters. The van der Waals surface area contributed by atoms with Crippen LogP contribution in [0.3, 0.4) is 0 Å². The van der Waals surface area contributed by atoms with Gasteiger partial charge in [0, 0.05) is 167 Å². The molecule has 1 aromatic rings. The third-order valence-electron chi connectivity index (χ3n) is 26.7. The van der Waals surface area contributed by atoms with Crippen LogP contribution in [0.25, 0.3) is 0 Å². The van der Waals surface area contributed by atoms with Crippen molar-refractivity contribution in [3.05, 3.63) is 34.4 Å². The number of piperidine rings is 7. The van der Waals surface area contributed by atoms with Gasteiger partial charge in [-0.05, 0) is 233 Å². The molecule has 0 radical (unpaired) electrons. The fraction of sp³-hybridized carbons (Fsp3) is 0.841. The molecule has 0 spiro atoms. The van der Waals surface area contributed by atoms with E-state index in [1.54, 1.807) is 0 Å². The van der Waals surface area contributed by atoms with Crippen LogP contribution in [0.5, 0.6) is 0 Å². The van der Waals surface area contributed by atoms with Crippen LogP contribution in [0.15, 0.2) is 12.1 Å². The number of hydrogen-bond donors (Lipinski definition) is 3. The largest absolute Gasteiger partial charge is 0.462 e. The summed E-state index contributed by atoms with van der Waals surface area (Å²) in [6.45, 7) is 51.5. The third kappa shape index (κ3) is 18.3. The first-order chi connectivity index (χ1) is 47.8. The standard InChI is InChI=1S/C82H137N7O17/c1-69(2)36-51(37-70(3,4)83(69)27)101-63(91)57-33-59(65(93)103-53-40-73(9,10)85(29)74(11,12)41-53)60(34-58(57)64(92)102-52-38-71(5,6)84(28)72(7,8)39-52)66(94)105-55-42-75(13,14)86(30)81(25,48-55)31-32-82(26)49-56(47-80(23,24)89(82)99)106-68(96)61(67(95)104-54-45-78(19,20)88(98)79(21,22)46-54)35-62(90)100-50-43-76(15,16)87(97)77(17,18)44-50/h33-34,50-56,61,97-99H,31-32,35-49H2,1-30H3. The topological polar surface area (TPSA) is 267 Å². The molecule has 24 nitrogen and oxygen atoms in total. The van der Waals surface area contributed by atoms with Gasteiger partial charge in [0.15, 0.2) is 5.92 Å². The van der Waals surface area contributed by atoms with E-state index in [2.05, 4.69) is 131 Å². The van der Waals surface area contributed by atoms with Crippen molar-refractivity contribution in [1.29, 1.82) is 0 Å². The van der Waals surface area contributed by atoms with Gasteiger partial charge in [-0.2, -0.15) is 15.2 Å². The molecular weight excluding hydrogens is 1350 g/mol. The lowest BCUT2D eigenvalue weighted by molar-refractivity contribution is -0.269. The first-order valence-corrected chi connectivity index (χ1v) is 38.9. The van der Waals surface area contributed by atoms with Gasteiger partial charge in [0.05, 0.1) is 28.7 Å². The summed E-state index contributed by atoms with van der Waals surface area (Å²) in [7, 11) is 8.16. The molecule has 0 aromatic heterocycles. The molecule has 602 valence electrons. The van der Waals surface area contributed by atoms with E-state index in [1.165, 1.54) is 27.3 Å². The number of hydrogen-bond acceptors (Lipinski definition) is 24. The van der Waals surface area contributed by atoms with Gasteiger partial charge in [-0.1, -0.05) is 0 Å². The Morgan fingerprint density at radius 1 is 0.302 bits per heavy atom. The Kier molecular flexibility index (Phi) is 24.0. The summed E-state index contributed by atoms with van der Waals surface area (Å²) in [5.41, 5.74) is -10.0. The van der Waals surface area contributed by atoms with E-state index in [1.807, 2.05) is 97.3 Å². The second-order valence-electron chi connectivity index (χ2n) is 41.3. The zero-order chi connectivity index (χ0) is 80.4. The Morgan fingerprint density at radius 2 is 0.509 bits per heavy atom. The first kappa shape index (κ1) is 86.7. The van der Waals surface area contributed by atoms with Gasteiger partial charge >= 0.3 is 41.8 Å². The number of hydroxylamine groups is 6. The summed E-state index contributed by atoms with van der Waals surface area (Å²) in [6.07, 6.45) is -0.0684.